The Bertz CT molecular complexity index is 108. The van der Waals surface area contributed by atoms with E-state index in [1.54, 1.807) is 0 Å². The highest BCUT2D eigenvalue weighted by Crippen LogP contribution is 2.18. The maximum Gasteiger partial charge on any atom is 0.0252 e. The molecule has 0 aromatic rings. The van der Waals surface area contributed by atoms with Crippen molar-refractivity contribution in [2.45, 2.75) is 32.6 Å². The summed E-state index contributed by atoms with van der Waals surface area (Å²) in [7, 11) is 0. The Labute approximate surface area is 81.1 Å². The first-order valence-electron chi connectivity index (χ1n) is 5.15. The predicted molar refractivity (Wildman–Crippen MR) is 54.8 cm³/mol. The summed E-state index contributed by atoms with van der Waals surface area (Å²) in [6, 6.07) is 0. The molecule has 1 aliphatic heterocycles. The third kappa shape index (κ3) is 3.32. The molecule has 0 atom stereocenters. The van der Waals surface area contributed by atoms with Crippen LogP contribution in [0.1, 0.15) is 32.6 Å². The Morgan fingerprint density at radius 1 is 1.33 bits per heavy atom. The fourth-order valence-corrected chi connectivity index (χ4v) is 2.05. The van der Waals surface area contributed by atoms with Crippen LogP contribution in [0.3, 0.4) is 0 Å². The van der Waals surface area contributed by atoms with E-state index >= 15 is 0 Å². The maximum absolute atomic E-state index is 5.81. The van der Waals surface area contributed by atoms with Gasteiger partial charge in [0.15, 0.2) is 0 Å². The molecule has 0 bridgehead atoms. The standard InChI is InChI=1S/C10H20ClN/c1-2-3-6-12-7-4-10(9-11)5-8-12/h10H,2-9H2,1H3. The molecule has 2 heteroatoms. The van der Waals surface area contributed by atoms with Crippen LogP contribution in [-0.4, -0.2) is 30.4 Å². The molecule has 0 spiro atoms. The summed E-state index contributed by atoms with van der Waals surface area (Å²) >= 11 is 5.81. The zero-order chi connectivity index (χ0) is 8.81. The predicted octanol–water partition coefficient (Wildman–Crippen LogP) is 2.74. The first kappa shape index (κ1) is 10.3. The van der Waals surface area contributed by atoms with Gasteiger partial charge in [-0.3, -0.25) is 0 Å². The van der Waals surface area contributed by atoms with E-state index in [4.69, 9.17) is 11.6 Å². The topological polar surface area (TPSA) is 3.24 Å². The van der Waals surface area contributed by atoms with Crippen LogP contribution in [0.4, 0.5) is 0 Å². The number of alkyl halides is 1. The Morgan fingerprint density at radius 2 is 2.00 bits per heavy atom. The van der Waals surface area contributed by atoms with Crippen molar-refractivity contribution in [3.63, 3.8) is 0 Å². The third-order valence-corrected chi connectivity index (χ3v) is 3.19. The van der Waals surface area contributed by atoms with Crippen molar-refractivity contribution in [1.82, 2.24) is 4.90 Å². The van der Waals surface area contributed by atoms with Gasteiger partial charge in [0.2, 0.25) is 0 Å². The Balaban J connectivity index is 2.09. The van der Waals surface area contributed by atoms with Gasteiger partial charge in [0.25, 0.3) is 0 Å². The molecule has 0 aliphatic carbocycles. The molecular formula is C10H20ClN. The smallest absolute Gasteiger partial charge is 0.0252 e. The molecule has 0 amide bonds. The minimum Gasteiger partial charge on any atom is -0.303 e. The summed E-state index contributed by atoms with van der Waals surface area (Å²) in [4.78, 5) is 2.58. The largest absolute Gasteiger partial charge is 0.303 e. The van der Waals surface area contributed by atoms with E-state index in [0.29, 0.717) is 0 Å². The molecular weight excluding hydrogens is 170 g/mol. The quantitative estimate of drug-likeness (QED) is 0.615. The van der Waals surface area contributed by atoms with Gasteiger partial charge >= 0.3 is 0 Å². The van der Waals surface area contributed by atoms with Crippen molar-refractivity contribution in [1.29, 1.82) is 0 Å². The molecule has 1 nitrogen and oxygen atoms in total. The van der Waals surface area contributed by atoms with E-state index in [-0.39, 0.29) is 0 Å². The molecule has 0 N–H and O–H groups in total. The first-order chi connectivity index (χ1) is 5.86. The number of rotatable bonds is 4. The molecule has 1 saturated heterocycles. The number of piperidine rings is 1. The average Bonchev–Trinajstić information content (AvgIpc) is 2.15. The number of likely N-dealkylation sites (tertiary alicyclic amines) is 1. The van der Waals surface area contributed by atoms with Crippen LogP contribution in [0.2, 0.25) is 0 Å². The average molecular weight is 190 g/mol. The number of halogens is 1. The summed E-state index contributed by atoms with van der Waals surface area (Å²) in [5.74, 6) is 1.66. The Kier molecular flexibility index (Phi) is 5.01. The highest BCUT2D eigenvalue weighted by atomic mass is 35.5. The summed E-state index contributed by atoms with van der Waals surface area (Å²) in [6.07, 6.45) is 5.29. The summed E-state index contributed by atoms with van der Waals surface area (Å²) < 4.78 is 0. The zero-order valence-corrected chi connectivity index (χ0v) is 8.82. The van der Waals surface area contributed by atoms with E-state index < -0.39 is 0 Å². The molecule has 1 heterocycles. The minimum atomic E-state index is 0.796. The van der Waals surface area contributed by atoms with Crippen LogP contribution < -0.4 is 0 Å². The molecule has 0 aromatic carbocycles. The lowest BCUT2D eigenvalue weighted by atomic mass is 9.99. The van der Waals surface area contributed by atoms with E-state index in [1.807, 2.05) is 0 Å². The van der Waals surface area contributed by atoms with Gasteiger partial charge in [-0.2, -0.15) is 0 Å². The van der Waals surface area contributed by atoms with Gasteiger partial charge in [0.05, 0.1) is 0 Å². The molecule has 12 heavy (non-hydrogen) atoms. The van der Waals surface area contributed by atoms with Crippen molar-refractivity contribution in [3.05, 3.63) is 0 Å². The van der Waals surface area contributed by atoms with Gasteiger partial charge in [-0.1, -0.05) is 13.3 Å². The monoisotopic (exact) mass is 189 g/mol. The third-order valence-electron chi connectivity index (χ3n) is 2.75. The molecule has 1 aliphatic rings. The van der Waals surface area contributed by atoms with E-state index in [2.05, 4.69) is 11.8 Å². The van der Waals surface area contributed by atoms with E-state index in [1.165, 1.54) is 45.3 Å². The van der Waals surface area contributed by atoms with Crippen LogP contribution in [0.5, 0.6) is 0 Å². The SMILES string of the molecule is CCCCN1CCC(CCl)CC1. The second kappa shape index (κ2) is 5.82. The van der Waals surface area contributed by atoms with Gasteiger partial charge in [-0.05, 0) is 44.8 Å². The van der Waals surface area contributed by atoms with Crippen molar-refractivity contribution in [2.75, 3.05) is 25.5 Å². The number of nitrogens with zero attached hydrogens (tertiary/aromatic N) is 1. The number of unbranched alkanes of at least 4 members (excludes halogenated alkanes) is 1. The molecule has 1 rings (SSSR count). The van der Waals surface area contributed by atoms with Crippen LogP contribution in [0.15, 0.2) is 0 Å². The van der Waals surface area contributed by atoms with Gasteiger partial charge in [0, 0.05) is 5.88 Å². The minimum absolute atomic E-state index is 0.796. The summed E-state index contributed by atoms with van der Waals surface area (Å²) in [6.45, 7) is 6.10. The van der Waals surface area contributed by atoms with Crippen molar-refractivity contribution >= 4 is 11.6 Å². The maximum atomic E-state index is 5.81. The Morgan fingerprint density at radius 3 is 2.50 bits per heavy atom. The van der Waals surface area contributed by atoms with Gasteiger partial charge < -0.3 is 4.90 Å². The van der Waals surface area contributed by atoms with E-state index in [9.17, 15) is 0 Å². The highest BCUT2D eigenvalue weighted by Gasteiger charge is 2.17. The van der Waals surface area contributed by atoms with Crippen LogP contribution >= 0.6 is 11.6 Å². The normalized spacial score (nSPS) is 21.5. The van der Waals surface area contributed by atoms with E-state index in [0.717, 1.165) is 11.8 Å². The molecule has 0 unspecified atom stereocenters. The van der Waals surface area contributed by atoms with Crippen LogP contribution in [0, 0.1) is 5.92 Å². The first-order valence-corrected chi connectivity index (χ1v) is 5.68. The lowest BCUT2D eigenvalue weighted by molar-refractivity contribution is 0.191. The second-order valence-corrected chi connectivity index (χ2v) is 4.10. The van der Waals surface area contributed by atoms with Gasteiger partial charge in [-0.15, -0.1) is 11.6 Å². The van der Waals surface area contributed by atoms with Gasteiger partial charge in [0.1, 0.15) is 0 Å². The van der Waals surface area contributed by atoms with Crippen LogP contribution in [-0.2, 0) is 0 Å². The second-order valence-electron chi connectivity index (χ2n) is 3.79. The van der Waals surface area contributed by atoms with Gasteiger partial charge in [-0.25, -0.2) is 0 Å². The molecule has 0 aromatic heterocycles. The Hall–Kier alpha value is 0.250. The summed E-state index contributed by atoms with van der Waals surface area (Å²) in [5.41, 5.74) is 0. The number of hydrogen-bond acceptors (Lipinski definition) is 1. The van der Waals surface area contributed by atoms with Crippen molar-refractivity contribution < 1.29 is 0 Å². The van der Waals surface area contributed by atoms with Crippen molar-refractivity contribution in [2.24, 2.45) is 5.92 Å². The molecule has 72 valence electrons. The molecule has 1 fully saturated rings. The molecule has 0 saturated carbocycles. The number of hydrogen-bond donors (Lipinski definition) is 0. The highest BCUT2D eigenvalue weighted by molar-refractivity contribution is 6.18. The van der Waals surface area contributed by atoms with Crippen molar-refractivity contribution in [3.8, 4) is 0 Å². The zero-order valence-electron chi connectivity index (χ0n) is 8.06. The summed E-state index contributed by atoms with van der Waals surface area (Å²) in [5, 5.41) is 0. The lowest BCUT2D eigenvalue weighted by Crippen LogP contribution is -2.34. The fourth-order valence-electron chi connectivity index (χ4n) is 1.75. The fraction of sp³-hybridized carbons (Fsp3) is 1.00. The van der Waals surface area contributed by atoms with Crippen LogP contribution in [0.25, 0.3) is 0 Å². The lowest BCUT2D eigenvalue weighted by Gasteiger charge is -2.30. The molecule has 0 radical (unpaired) electrons.